The fraction of sp³-hybridized carbons (Fsp3) is 0.381. The Kier molecular flexibility index (Phi) is 6.61. The van der Waals surface area contributed by atoms with Crippen molar-refractivity contribution in [2.45, 2.75) is 25.9 Å². The Balaban J connectivity index is 1.69. The first-order valence-corrected chi connectivity index (χ1v) is 9.55. The second kappa shape index (κ2) is 9.12. The second-order valence-electron chi connectivity index (χ2n) is 6.76. The van der Waals surface area contributed by atoms with Gasteiger partial charge in [-0.3, -0.25) is 4.90 Å². The molecule has 138 valence electrons. The molecule has 0 spiro atoms. The molecule has 5 heteroatoms. The third-order valence-electron chi connectivity index (χ3n) is 4.72. The van der Waals surface area contributed by atoms with Crippen LogP contribution in [-0.2, 0) is 4.74 Å². The molecule has 0 radical (unpaired) electrons. The van der Waals surface area contributed by atoms with Crippen molar-refractivity contribution < 1.29 is 4.74 Å². The molecule has 0 amide bonds. The van der Waals surface area contributed by atoms with Crippen LogP contribution in [-0.4, -0.2) is 42.4 Å². The number of morpholine rings is 1. The lowest BCUT2D eigenvalue weighted by atomic mass is 9.98. The van der Waals surface area contributed by atoms with Gasteiger partial charge >= 0.3 is 0 Å². The number of benzene rings is 2. The molecule has 0 aromatic heterocycles. The van der Waals surface area contributed by atoms with E-state index in [0.29, 0.717) is 5.11 Å². The summed E-state index contributed by atoms with van der Waals surface area (Å²) < 4.78 is 5.54. The van der Waals surface area contributed by atoms with Crippen molar-refractivity contribution in [1.29, 1.82) is 0 Å². The number of nitrogens with one attached hydrogen (secondary N) is 2. The molecule has 1 aliphatic rings. The molecule has 2 N–H and O–H groups in total. The van der Waals surface area contributed by atoms with Gasteiger partial charge in [0.05, 0.1) is 19.3 Å². The van der Waals surface area contributed by atoms with Crippen molar-refractivity contribution >= 4 is 23.0 Å². The van der Waals surface area contributed by atoms with E-state index in [1.165, 1.54) is 11.1 Å². The SMILES string of the molecule is Cc1ccc(NC(=S)NC(C)C(c2ccccc2)N2CCOCC2)cc1. The number of rotatable bonds is 5. The molecule has 3 rings (SSSR count). The molecule has 1 saturated heterocycles. The average molecular weight is 370 g/mol. The van der Waals surface area contributed by atoms with Crippen LogP contribution < -0.4 is 10.6 Å². The molecule has 26 heavy (non-hydrogen) atoms. The van der Waals surface area contributed by atoms with Gasteiger partial charge in [-0.25, -0.2) is 0 Å². The lowest BCUT2D eigenvalue weighted by Gasteiger charge is -2.38. The monoisotopic (exact) mass is 369 g/mol. The van der Waals surface area contributed by atoms with Gasteiger partial charge in [-0.15, -0.1) is 0 Å². The van der Waals surface area contributed by atoms with Crippen LogP contribution >= 0.6 is 12.2 Å². The molecule has 2 atom stereocenters. The normalized spacial score (nSPS) is 17.3. The number of nitrogens with zero attached hydrogens (tertiary/aromatic N) is 1. The quantitative estimate of drug-likeness (QED) is 0.785. The van der Waals surface area contributed by atoms with E-state index in [1.807, 2.05) is 12.1 Å². The summed E-state index contributed by atoms with van der Waals surface area (Å²) in [5, 5.41) is 7.41. The van der Waals surface area contributed by atoms with Gasteiger partial charge in [-0.05, 0) is 43.8 Å². The maximum absolute atomic E-state index is 5.55. The van der Waals surface area contributed by atoms with E-state index in [1.54, 1.807) is 0 Å². The summed E-state index contributed by atoms with van der Waals surface area (Å²) >= 11 is 5.55. The minimum absolute atomic E-state index is 0.168. The second-order valence-corrected chi connectivity index (χ2v) is 7.17. The van der Waals surface area contributed by atoms with Gasteiger partial charge in [0.15, 0.2) is 5.11 Å². The Bertz CT molecular complexity index is 699. The van der Waals surface area contributed by atoms with Crippen LogP contribution in [0.1, 0.15) is 24.1 Å². The molecule has 4 nitrogen and oxygen atoms in total. The summed E-state index contributed by atoms with van der Waals surface area (Å²) in [6.45, 7) is 7.70. The molecule has 1 aliphatic heterocycles. The highest BCUT2D eigenvalue weighted by Crippen LogP contribution is 2.25. The van der Waals surface area contributed by atoms with Crippen molar-refractivity contribution in [3.8, 4) is 0 Å². The summed E-state index contributed by atoms with van der Waals surface area (Å²) in [6, 6.07) is 19.3. The zero-order valence-corrected chi connectivity index (χ0v) is 16.3. The number of aryl methyl sites for hydroxylation is 1. The highest BCUT2D eigenvalue weighted by atomic mass is 32.1. The molecule has 0 bridgehead atoms. The van der Waals surface area contributed by atoms with Crippen LogP contribution in [0.25, 0.3) is 0 Å². The number of hydrogen-bond acceptors (Lipinski definition) is 3. The Morgan fingerprint density at radius 1 is 1.04 bits per heavy atom. The standard InChI is InChI=1S/C21H27N3OS/c1-16-8-10-19(11-9-16)23-21(26)22-17(2)20(18-6-4-3-5-7-18)24-12-14-25-15-13-24/h3-11,17,20H,12-15H2,1-2H3,(H2,22,23,26). The van der Waals surface area contributed by atoms with Crippen molar-refractivity contribution in [2.24, 2.45) is 0 Å². The molecular weight excluding hydrogens is 342 g/mol. The first-order valence-electron chi connectivity index (χ1n) is 9.14. The van der Waals surface area contributed by atoms with Crippen LogP contribution in [0, 0.1) is 6.92 Å². The van der Waals surface area contributed by atoms with Crippen LogP contribution in [0.5, 0.6) is 0 Å². The smallest absolute Gasteiger partial charge is 0.171 e. The lowest BCUT2D eigenvalue weighted by molar-refractivity contribution is 0.0102. The maximum Gasteiger partial charge on any atom is 0.171 e. The van der Waals surface area contributed by atoms with Crippen LogP contribution in [0.15, 0.2) is 54.6 Å². The number of anilines is 1. The first kappa shape index (κ1) is 18.8. The largest absolute Gasteiger partial charge is 0.379 e. The van der Waals surface area contributed by atoms with Crippen molar-refractivity contribution in [2.75, 3.05) is 31.6 Å². The molecule has 2 aromatic rings. The molecule has 0 saturated carbocycles. The Morgan fingerprint density at radius 2 is 1.69 bits per heavy atom. The third-order valence-corrected chi connectivity index (χ3v) is 4.94. The van der Waals surface area contributed by atoms with Gasteiger partial charge in [0, 0.05) is 24.8 Å². The summed E-state index contributed by atoms with van der Waals surface area (Å²) in [5.74, 6) is 0. The predicted octanol–water partition coefficient (Wildman–Crippen LogP) is 3.74. The van der Waals surface area contributed by atoms with E-state index in [2.05, 4.69) is 71.8 Å². The molecular formula is C21H27N3OS. The van der Waals surface area contributed by atoms with E-state index in [0.717, 1.165) is 32.0 Å². The average Bonchev–Trinajstić information content (AvgIpc) is 2.65. The molecule has 2 aromatic carbocycles. The van der Waals surface area contributed by atoms with E-state index in [4.69, 9.17) is 17.0 Å². The summed E-state index contributed by atoms with van der Waals surface area (Å²) in [6.07, 6.45) is 0. The van der Waals surface area contributed by atoms with Crippen molar-refractivity contribution in [1.82, 2.24) is 10.2 Å². The summed E-state index contributed by atoms with van der Waals surface area (Å²) in [5.41, 5.74) is 3.54. The summed E-state index contributed by atoms with van der Waals surface area (Å²) in [4.78, 5) is 2.48. The van der Waals surface area contributed by atoms with Crippen LogP contribution in [0.2, 0.25) is 0 Å². The number of hydrogen-bond donors (Lipinski definition) is 2. The van der Waals surface area contributed by atoms with Gasteiger partial charge in [0.25, 0.3) is 0 Å². The van der Waals surface area contributed by atoms with E-state index in [-0.39, 0.29) is 12.1 Å². The van der Waals surface area contributed by atoms with Crippen molar-refractivity contribution in [3.63, 3.8) is 0 Å². The number of ether oxygens (including phenoxy) is 1. The van der Waals surface area contributed by atoms with Gasteiger partial charge in [-0.2, -0.15) is 0 Å². The van der Waals surface area contributed by atoms with E-state index >= 15 is 0 Å². The Morgan fingerprint density at radius 3 is 2.35 bits per heavy atom. The zero-order chi connectivity index (χ0) is 18.4. The van der Waals surface area contributed by atoms with E-state index in [9.17, 15) is 0 Å². The van der Waals surface area contributed by atoms with Gasteiger partial charge in [-0.1, -0.05) is 48.0 Å². The first-order chi connectivity index (χ1) is 12.6. The zero-order valence-electron chi connectivity index (χ0n) is 15.4. The Hall–Kier alpha value is -1.95. The Labute approximate surface area is 161 Å². The predicted molar refractivity (Wildman–Crippen MR) is 112 cm³/mol. The third kappa shape index (κ3) is 5.04. The van der Waals surface area contributed by atoms with Crippen LogP contribution in [0.3, 0.4) is 0 Å². The summed E-state index contributed by atoms with van der Waals surface area (Å²) in [7, 11) is 0. The highest BCUT2D eigenvalue weighted by molar-refractivity contribution is 7.80. The van der Waals surface area contributed by atoms with Gasteiger partial charge in [0.2, 0.25) is 0 Å². The fourth-order valence-corrected chi connectivity index (χ4v) is 3.72. The lowest BCUT2D eigenvalue weighted by Crippen LogP contribution is -2.49. The van der Waals surface area contributed by atoms with Gasteiger partial charge in [0.1, 0.15) is 0 Å². The highest BCUT2D eigenvalue weighted by Gasteiger charge is 2.28. The molecule has 2 unspecified atom stereocenters. The van der Waals surface area contributed by atoms with Crippen LogP contribution in [0.4, 0.5) is 5.69 Å². The molecule has 1 heterocycles. The number of thiocarbonyl (C=S) groups is 1. The van der Waals surface area contributed by atoms with Gasteiger partial charge < -0.3 is 15.4 Å². The maximum atomic E-state index is 5.55. The fourth-order valence-electron chi connectivity index (χ4n) is 3.41. The minimum atomic E-state index is 0.168. The molecule has 0 aliphatic carbocycles. The van der Waals surface area contributed by atoms with E-state index < -0.39 is 0 Å². The van der Waals surface area contributed by atoms with Crippen molar-refractivity contribution in [3.05, 3.63) is 65.7 Å². The topological polar surface area (TPSA) is 36.5 Å². The molecule has 1 fully saturated rings. The minimum Gasteiger partial charge on any atom is -0.379 e.